The van der Waals surface area contributed by atoms with Crippen LogP contribution in [-0.2, 0) is 18.3 Å². The van der Waals surface area contributed by atoms with E-state index in [1.807, 2.05) is 26.2 Å². The van der Waals surface area contributed by atoms with Crippen molar-refractivity contribution in [3.05, 3.63) is 18.0 Å². The maximum Gasteiger partial charge on any atom is 0.326 e. The Bertz CT molecular complexity index is 514. The average Bonchev–Trinajstić information content (AvgIpc) is 2.83. The van der Waals surface area contributed by atoms with Gasteiger partial charge in [-0.1, -0.05) is 6.92 Å². The fourth-order valence-corrected chi connectivity index (χ4v) is 2.79. The second-order valence-corrected chi connectivity index (χ2v) is 5.56. The molecule has 2 amide bonds. The van der Waals surface area contributed by atoms with E-state index in [0.29, 0.717) is 19.5 Å². The van der Waals surface area contributed by atoms with Crippen molar-refractivity contribution in [3.63, 3.8) is 0 Å². The molecule has 0 aromatic carbocycles. The van der Waals surface area contributed by atoms with E-state index >= 15 is 0 Å². The minimum absolute atomic E-state index is 0.0159. The number of carbonyl (C=O) groups excluding carboxylic acids is 1. The van der Waals surface area contributed by atoms with Gasteiger partial charge < -0.3 is 15.3 Å². The Hall–Kier alpha value is -2.05. The predicted molar refractivity (Wildman–Crippen MR) is 76.8 cm³/mol. The van der Waals surface area contributed by atoms with Gasteiger partial charge in [0.05, 0.1) is 5.69 Å². The molecule has 7 heteroatoms. The third-order valence-corrected chi connectivity index (χ3v) is 3.87. The number of aliphatic carboxylic acids is 1. The average molecular weight is 294 g/mol. The van der Waals surface area contributed by atoms with Crippen molar-refractivity contribution in [2.45, 2.75) is 32.2 Å². The Labute approximate surface area is 123 Å². The lowest BCUT2D eigenvalue weighted by Gasteiger charge is -2.37. The highest BCUT2D eigenvalue weighted by atomic mass is 16.4. The maximum absolute atomic E-state index is 12.2. The van der Waals surface area contributed by atoms with Crippen LogP contribution in [0.25, 0.3) is 0 Å². The fraction of sp³-hybridized carbons (Fsp3) is 0.643. The van der Waals surface area contributed by atoms with Crippen molar-refractivity contribution in [1.82, 2.24) is 20.0 Å². The molecule has 1 aromatic rings. The molecule has 0 radical (unpaired) electrons. The highest BCUT2D eigenvalue weighted by Crippen LogP contribution is 2.23. The minimum atomic E-state index is -0.929. The Morgan fingerprint density at radius 1 is 1.52 bits per heavy atom. The Morgan fingerprint density at radius 2 is 2.29 bits per heavy atom. The number of carboxylic acids is 1. The molecule has 0 aliphatic carbocycles. The summed E-state index contributed by atoms with van der Waals surface area (Å²) in [4.78, 5) is 25.0. The van der Waals surface area contributed by atoms with Crippen molar-refractivity contribution in [1.29, 1.82) is 0 Å². The highest BCUT2D eigenvalue weighted by molar-refractivity contribution is 5.83. The number of carbonyl (C=O) groups is 2. The Morgan fingerprint density at radius 3 is 2.90 bits per heavy atom. The van der Waals surface area contributed by atoms with E-state index in [1.54, 1.807) is 4.68 Å². The molecule has 2 heterocycles. The zero-order chi connectivity index (χ0) is 15.4. The molecule has 2 unspecified atom stereocenters. The third kappa shape index (κ3) is 3.74. The molecule has 1 aliphatic rings. The first kappa shape index (κ1) is 15.3. The SMILES string of the molecule is CC1CCCN(C(=O)NCCc2ccn(C)n2)C1C(=O)O. The number of urea groups is 1. The van der Waals surface area contributed by atoms with Crippen LogP contribution < -0.4 is 5.32 Å². The Balaban J connectivity index is 1.87. The van der Waals surface area contributed by atoms with Crippen LogP contribution in [0.3, 0.4) is 0 Å². The van der Waals surface area contributed by atoms with Gasteiger partial charge in [0.15, 0.2) is 0 Å². The number of aryl methyl sites for hydroxylation is 1. The maximum atomic E-state index is 12.2. The molecule has 2 atom stereocenters. The highest BCUT2D eigenvalue weighted by Gasteiger charge is 2.36. The predicted octanol–water partition coefficient (Wildman–Crippen LogP) is 0.857. The zero-order valence-corrected chi connectivity index (χ0v) is 12.5. The second-order valence-electron chi connectivity index (χ2n) is 5.56. The quantitative estimate of drug-likeness (QED) is 0.862. The summed E-state index contributed by atoms with van der Waals surface area (Å²) in [5.41, 5.74) is 0.902. The van der Waals surface area contributed by atoms with Gasteiger partial charge in [-0.05, 0) is 24.8 Å². The molecule has 2 N–H and O–H groups in total. The number of rotatable bonds is 4. The molecular formula is C14H22N4O3. The fourth-order valence-electron chi connectivity index (χ4n) is 2.79. The molecule has 1 saturated heterocycles. The number of aromatic nitrogens is 2. The van der Waals surface area contributed by atoms with Crippen LogP contribution in [0.1, 0.15) is 25.5 Å². The molecule has 21 heavy (non-hydrogen) atoms. The van der Waals surface area contributed by atoms with Crippen LogP contribution in [0.5, 0.6) is 0 Å². The number of amides is 2. The summed E-state index contributed by atoms with van der Waals surface area (Å²) in [6.45, 7) is 2.83. The van der Waals surface area contributed by atoms with Gasteiger partial charge in [-0.3, -0.25) is 4.68 Å². The van der Waals surface area contributed by atoms with E-state index in [0.717, 1.165) is 18.5 Å². The van der Waals surface area contributed by atoms with Gasteiger partial charge in [-0.2, -0.15) is 5.10 Å². The monoisotopic (exact) mass is 294 g/mol. The number of piperidine rings is 1. The number of nitrogens with one attached hydrogen (secondary N) is 1. The molecule has 0 spiro atoms. The van der Waals surface area contributed by atoms with Crippen molar-refractivity contribution in [2.75, 3.05) is 13.1 Å². The van der Waals surface area contributed by atoms with Gasteiger partial charge >= 0.3 is 12.0 Å². The summed E-state index contributed by atoms with van der Waals surface area (Å²) >= 11 is 0. The van der Waals surface area contributed by atoms with E-state index in [-0.39, 0.29) is 11.9 Å². The number of hydrogen-bond acceptors (Lipinski definition) is 3. The Kier molecular flexibility index (Phi) is 4.82. The molecule has 116 valence electrons. The van der Waals surface area contributed by atoms with Crippen LogP contribution >= 0.6 is 0 Å². The molecule has 0 bridgehead atoms. The summed E-state index contributed by atoms with van der Waals surface area (Å²) in [6, 6.07) is 0.869. The lowest BCUT2D eigenvalue weighted by atomic mass is 9.91. The van der Waals surface area contributed by atoms with Gasteiger partial charge in [-0.15, -0.1) is 0 Å². The van der Waals surface area contributed by atoms with Crippen LogP contribution in [0.2, 0.25) is 0 Å². The summed E-state index contributed by atoms with van der Waals surface area (Å²) in [5, 5.41) is 16.3. The van der Waals surface area contributed by atoms with Crippen molar-refractivity contribution < 1.29 is 14.7 Å². The summed E-state index contributed by atoms with van der Waals surface area (Å²) in [5.74, 6) is -0.945. The largest absolute Gasteiger partial charge is 0.480 e. The number of likely N-dealkylation sites (tertiary alicyclic amines) is 1. The van der Waals surface area contributed by atoms with Gasteiger partial charge in [0, 0.05) is 32.8 Å². The number of nitrogens with zero attached hydrogens (tertiary/aromatic N) is 3. The molecule has 1 aromatic heterocycles. The molecule has 1 aliphatic heterocycles. The minimum Gasteiger partial charge on any atom is -0.480 e. The van der Waals surface area contributed by atoms with Gasteiger partial charge in [0.2, 0.25) is 0 Å². The lowest BCUT2D eigenvalue weighted by Crippen LogP contribution is -2.55. The van der Waals surface area contributed by atoms with Crippen LogP contribution in [0, 0.1) is 5.92 Å². The van der Waals surface area contributed by atoms with Crippen molar-refractivity contribution in [2.24, 2.45) is 13.0 Å². The summed E-state index contributed by atoms with van der Waals surface area (Å²) in [6.07, 6.45) is 4.17. The topological polar surface area (TPSA) is 87.5 Å². The van der Waals surface area contributed by atoms with Gasteiger partial charge in [-0.25, -0.2) is 9.59 Å². The van der Waals surface area contributed by atoms with E-state index in [1.165, 1.54) is 4.90 Å². The van der Waals surface area contributed by atoms with Crippen LogP contribution in [-0.4, -0.2) is 50.9 Å². The first-order chi connectivity index (χ1) is 9.99. The standard InChI is InChI=1S/C14H22N4O3/c1-10-4-3-8-18(12(10)13(19)20)14(21)15-7-5-11-6-9-17(2)16-11/h6,9-10,12H,3-5,7-8H2,1-2H3,(H,15,21)(H,19,20). The van der Waals surface area contributed by atoms with Gasteiger partial charge in [0.25, 0.3) is 0 Å². The van der Waals surface area contributed by atoms with Crippen molar-refractivity contribution in [3.8, 4) is 0 Å². The number of carboxylic acid groups (broad SMARTS) is 1. The third-order valence-electron chi connectivity index (χ3n) is 3.87. The first-order valence-electron chi connectivity index (χ1n) is 7.25. The van der Waals surface area contributed by atoms with Crippen molar-refractivity contribution >= 4 is 12.0 Å². The molecule has 0 saturated carbocycles. The van der Waals surface area contributed by atoms with Gasteiger partial charge in [0.1, 0.15) is 6.04 Å². The smallest absolute Gasteiger partial charge is 0.326 e. The lowest BCUT2D eigenvalue weighted by molar-refractivity contribution is -0.145. The zero-order valence-electron chi connectivity index (χ0n) is 12.5. The van der Waals surface area contributed by atoms with E-state index < -0.39 is 12.0 Å². The summed E-state index contributed by atoms with van der Waals surface area (Å²) in [7, 11) is 1.84. The van der Waals surface area contributed by atoms with E-state index in [4.69, 9.17) is 0 Å². The summed E-state index contributed by atoms with van der Waals surface area (Å²) < 4.78 is 1.71. The number of hydrogen-bond donors (Lipinski definition) is 2. The van der Waals surface area contributed by atoms with E-state index in [9.17, 15) is 14.7 Å². The molecular weight excluding hydrogens is 272 g/mol. The van der Waals surface area contributed by atoms with E-state index in [2.05, 4.69) is 10.4 Å². The second kappa shape index (κ2) is 6.60. The normalized spacial score (nSPS) is 22.1. The molecule has 7 nitrogen and oxygen atoms in total. The van der Waals surface area contributed by atoms with Crippen LogP contribution in [0.15, 0.2) is 12.3 Å². The van der Waals surface area contributed by atoms with Crippen LogP contribution in [0.4, 0.5) is 4.79 Å². The molecule has 1 fully saturated rings. The molecule has 2 rings (SSSR count). The first-order valence-corrected chi connectivity index (χ1v) is 7.25.